The zero-order chi connectivity index (χ0) is 19.6. The van der Waals surface area contributed by atoms with Crippen molar-refractivity contribution in [3.63, 3.8) is 0 Å². The Bertz CT molecular complexity index is 967. The Labute approximate surface area is 188 Å². The number of aromatic nitrogens is 3. The van der Waals surface area contributed by atoms with E-state index in [4.69, 9.17) is 10.7 Å². The van der Waals surface area contributed by atoms with Gasteiger partial charge in [-0.2, -0.15) is 5.10 Å². The first-order valence-corrected chi connectivity index (χ1v) is 10.2. The van der Waals surface area contributed by atoms with E-state index in [1.807, 2.05) is 10.7 Å². The number of thiophene rings is 1. The monoisotopic (exact) mass is 457 g/mol. The summed E-state index contributed by atoms with van der Waals surface area (Å²) in [5.41, 5.74) is 8.80. The zero-order valence-corrected chi connectivity index (χ0v) is 19.6. The molecule has 1 amide bonds. The maximum absolute atomic E-state index is 12.9. The van der Waals surface area contributed by atoms with Crippen LogP contribution < -0.4 is 11.1 Å². The van der Waals surface area contributed by atoms with Gasteiger partial charge in [-0.3, -0.25) is 4.79 Å². The van der Waals surface area contributed by atoms with Crippen molar-refractivity contribution in [1.82, 2.24) is 20.1 Å². The van der Waals surface area contributed by atoms with Crippen LogP contribution in [0.3, 0.4) is 0 Å². The summed E-state index contributed by atoms with van der Waals surface area (Å²) in [7, 11) is 0. The molecule has 0 saturated heterocycles. The number of nitrogens with zero attached hydrogens (tertiary/aromatic N) is 3. The normalized spacial score (nSPS) is 10.7. The van der Waals surface area contributed by atoms with Gasteiger partial charge in [0.2, 0.25) is 0 Å². The second-order valence-electron chi connectivity index (χ2n) is 7.05. The van der Waals surface area contributed by atoms with Crippen LogP contribution in [0.1, 0.15) is 52.8 Å². The third-order valence-corrected chi connectivity index (χ3v) is 5.50. The minimum absolute atomic E-state index is 0. The highest BCUT2D eigenvalue weighted by atomic mass is 35.5. The smallest absolute Gasteiger partial charge is 0.252 e. The third kappa shape index (κ3) is 5.48. The molecule has 0 spiro atoms. The van der Waals surface area contributed by atoms with Crippen LogP contribution in [-0.2, 0) is 0 Å². The fourth-order valence-corrected chi connectivity index (χ4v) is 4.11. The van der Waals surface area contributed by atoms with E-state index < -0.39 is 0 Å². The SMILES string of the molecule is Cc1cc(-c2cc(C(=O)NCCCCN)c3cnn(C(C)C)c3n2)c(C)s1.Cl.Cl. The molecule has 0 saturated carbocycles. The quantitative estimate of drug-likeness (QED) is 0.504. The molecule has 0 aliphatic heterocycles. The predicted molar refractivity (Wildman–Crippen MR) is 126 cm³/mol. The Morgan fingerprint density at radius 3 is 2.55 bits per heavy atom. The lowest BCUT2D eigenvalue weighted by atomic mass is 10.1. The molecule has 0 aliphatic carbocycles. The van der Waals surface area contributed by atoms with Crippen molar-refractivity contribution in [2.24, 2.45) is 5.73 Å². The second-order valence-corrected chi connectivity index (χ2v) is 8.51. The number of hydrogen-bond donors (Lipinski definition) is 2. The van der Waals surface area contributed by atoms with Crippen molar-refractivity contribution in [3.8, 4) is 11.3 Å². The van der Waals surface area contributed by atoms with Crippen LogP contribution >= 0.6 is 36.2 Å². The van der Waals surface area contributed by atoms with Crippen LogP contribution in [0, 0.1) is 13.8 Å². The van der Waals surface area contributed by atoms with Gasteiger partial charge < -0.3 is 11.1 Å². The maximum atomic E-state index is 12.9. The summed E-state index contributed by atoms with van der Waals surface area (Å²) in [5.74, 6) is -0.0893. The Balaban J connectivity index is 0.00000210. The number of nitrogens with two attached hydrogens (primary N) is 1. The Kier molecular flexibility index (Phi) is 9.55. The number of amides is 1. The summed E-state index contributed by atoms with van der Waals surface area (Å²) in [6.45, 7) is 9.55. The average molecular weight is 458 g/mol. The Morgan fingerprint density at radius 2 is 1.97 bits per heavy atom. The van der Waals surface area contributed by atoms with Crippen LogP contribution in [0.5, 0.6) is 0 Å². The molecular weight excluding hydrogens is 429 g/mol. The number of carbonyl (C=O) groups excluding carboxylic acids is 1. The standard InChI is InChI=1S/C20H27N5OS.2ClH/c1-12(2)25-19-17(11-23-25)16(20(26)22-8-6-5-7-21)10-18(24-19)15-9-13(3)27-14(15)4;;/h9-12H,5-8,21H2,1-4H3,(H,22,26);2*1H. The van der Waals surface area contributed by atoms with E-state index in [2.05, 4.69) is 44.2 Å². The molecule has 0 bridgehead atoms. The molecule has 0 atom stereocenters. The van der Waals surface area contributed by atoms with Crippen LogP contribution in [0.2, 0.25) is 0 Å². The first kappa shape index (κ1) is 25.4. The highest BCUT2D eigenvalue weighted by Gasteiger charge is 2.19. The van der Waals surface area contributed by atoms with E-state index in [9.17, 15) is 4.79 Å². The summed E-state index contributed by atoms with van der Waals surface area (Å²) in [4.78, 5) is 20.2. The lowest BCUT2D eigenvalue weighted by molar-refractivity contribution is 0.0954. The molecule has 0 fully saturated rings. The molecule has 3 N–H and O–H groups in total. The first-order valence-electron chi connectivity index (χ1n) is 9.36. The van der Waals surface area contributed by atoms with Crippen LogP contribution in [0.4, 0.5) is 0 Å². The molecule has 0 unspecified atom stereocenters. The number of unbranched alkanes of at least 4 members (excludes halogenated alkanes) is 1. The molecule has 160 valence electrons. The number of pyridine rings is 1. The van der Waals surface area contributed by atoms with Crippen molar-refractivity contribution < 1.29 is 4.79 Å². The maximum Gasteiger partial charge on any atom is 0.252 e. The highest BCUT2D eigenvalue weighted by Crippen LogP contribution is 2.32. The highest BCUT2D eigenvalue weighted by molar-refractivity contribution is 7.12. The Hall–Kier alpha value is -1.67. The third-order valence-electron chi connectivity index (χ3n) is 4.53. The van der Waals surface area contributed by atoms with Gasteiger partial charge in [-0.05, 0) is 59.2 Å². The molecule has 3 rings (SSSR count). The van der Waals surface area contributed by atoms with Gasteiger partial charge in [0, 0.05) is 27.9 Å². The van der Waals surface area contributed by atoms with Gasteiger partial charge in [0.15, 0.2) is 5.65 Å². The van der Waals surface area contributed by atoms with E-state index >= 15 is 0 Å². The van der Waals surface area contributed by atoms with E-state index in [1.165, 1.54) is 9.75 Å². The summed E-state index contributed by atoms with van der Waals surface area (Å²) in [6.07, 6.45) is 3.51. The Morgan fingerprint density at radius 1 is 1.24 bits per heavy atom. The van der Waals surface area contributed by atoms with Crippen molar-refractivity contribution in [3.05, 3.63) is 33.6 Å². The van der Waals surface area contributed by atoms with Gasteiger partial charge >= 0.3 is 0 Å². The summed E-state index contributed by atoms with van der Waals surface area (Å²) in [5, 5.41) is 8.26. The predicted octanol–water partition coefficient (Wildman–Crippen LogP) is 4.67. The molecule has 3 aromatic heterocycles. The van der Waals surface area contributed by atoms with Crippen LogP contribution in [0.15, 0.2) is 18.3 Å². The zero-order valence-electron chi connectivity index (χ0n) is 17.2. The average Bonchev–Trinajstić information content (AvgIpc) is 3.20. The number of aryl methyl sites for hydroxylation is 2. The molecule has 3 aromatic rings. The number of hydrogen-bond acceptors (Lipinski definition) is 5. The fourth-order valence-electron chi connectivity index (χ4n) is 3.17. The number of nitrogens with one attached hydrogen (secondary N) is 1. The number of halogens is 2. The summed E-state index contributed by atoms with van der Waals surface area (Å²) < 4.78 is 1.87. The van der Waals surface area contributed by atoms with Crippen LogP contribution in [0.25, 0.3) is 22.3 Å². The number of rotatable bonds is 7. The lowest BCUT2D eigenvalue weighted by Crippen LogP contribution is -2.25. The summed E-state index contributed by atoms with van der Waals surface area (Å²) >= 11 is 1.74. The lowest BCUT2D eigenvalue weighted by Gasteiger charge is -2.11. The second kappa shape index (κ2) is 10.9. The first-order chi connectivity index (χ1) is 12.9. The fraction of sp³-hybridized carbons (Fsp3) is 0.450. The topological polar surface area (TPSA) is 85.8 Å². The number of carbonyl (C=O) groups is 1. The van der Waals surface area contributed by atoms with Gasteiger partial charge in [-0.25, -0.2) is 9.67 Å². The minimum Gasteiger partial charge on any atom is -0.352 e. The summed E-state index contributed by atoms with van der Waals surface area (Å²) in [6, 6.07) is 4.19. The molecule has 9 heteroatoms. The largest absolute Gasteiger partial charge is 0.352 e. The molecule has 0 aromatic carbocycles. The molecule has 6 nitrogen and oxygen atoms in total. The molecule has 3 heterocycles. The van der Waals surface area contributed by atoms with Crippen molar-refractivity contribution in [2.75, 3.05) is 13.1 Å². The van der Waals surface area contributed by atoms with E-state index in [0.29, 0.717) is 18.7 Å². The van der Waals surface area contributed by atoms with Gasteiger partial charge in [0.1, 0.15) is 0 Å². The van der Waals surface area contributed by atoms with Gasteiger partial charge in [0.25, 0.3) is 5.91 Å². The van der Waals surface area contributed by atoms with E-state index in [0.717, 1.165) is 35.1 Å². The molecule has 0 radical (unpaired) electrons. The van der Waals surface area contributed by atoms with Crippen LogP contribution in [-0.4, -0.2) is 33.8 Å². The van der Waals surface area contributed by atoms with Gasteiger partial charge in [-0.15, -0.1) is 36.2 Å². The number of fused-ring (bicyclic) bond motifs is 1. The molecular formula is C20H29Cl2N5OS. The molecule has 0 aliphatic rings. The van der Waals surface area contributed by atoms with E-state index in [1.54, 1.807) is 17.5 Å². The van der Waals surface area contributed by atoms with Crippen molar-refractivity contribution in [1.29, 1.82) is 0 Å². The van der Waals surface area contributed by atoms with E-state index in [-0.39, 0.29) is 36.8 Å². The molecule has 29 heavy (non-hydrogen) atoms. The van der Waals surface area contributed by atoms with Crippen molar-refractivity contribution in [2.45, 2.75) is 46.6 Å². The van der Waals surface area contributed by atoms with Gasteiger partial charge in [0.05, 0.1) is 22.8 Å². The van der Waals surface area contributed by atoms with Crippen molar-refractivity contribution >= 4 is 53.1 Å². The van der Waals surface area contributed by atoms with Gasteiger partial charge in [-0.1, -0.05) is 0 Å². The minimum atomic E-state index is -0.0893.